The van der Waals surface area contributed by atoms with Crippen LogP contribution >= 0.6 is 11.8 Å². The van der Waals surface area contributed by atoms with Gasteiger partial charge in [0.05, 0.1) is 25.0 Å². The molecule has 0 spiro atoms. The molecular weight excluding hydrogens is 454 g/mol. The van der Waals surface area contributed by atoms with E-state index in [2.05, 4.69) is 37.1 Å². The van der Waals surface area contributed by atoms with Crippen LogP contribution in [0.4, 0.5) is 11.6 Å². The molecule has 2 aliphatic heterocycles. The van der Waals surface area contributed by atoms with E-state index >= 15 is 0 Å². The molecule has 1 amide bonds. The Morgan fingerprint density at radius 3 is 2.59 bits per heavy atom. The maximum Gasteiger partial charge on any atom is 0.237 e. The van der Waals surface area contributed by atoms with Crippen LogP contribution in [0.1, 0.15) is 12.5 Å². The third kappa shape index (κ3) is 5.13. The molecule has 1 aromatic heterocycles. The minimum absolute atomic E-state index is 0.121. The Labute approximate surface area is 202 Å². The third-order valence-corrected chi connectivity index (χ3v) is 6.72. The topological polar surface area (TPSA) is 90.7 Å². The van der Waals surface area contributed by atoms with E-state index in [4.69, 9.17) is 14.2 Å². The molecule has 0 aliphatic carbocycles. The molecule has 0 bridgehead atoms. The van der Waals surface area contributed by atoms with E-state index in [-0.39, 0.29) is 11.2 Å². The lowest BCUT2D eigenvalue weighted by atomic mass is 10.2. The lowest BCUT2D eigenvalue weighted by molar-refractivity contribution is -0.115. The second-order valence-corrected chi connectivity index (χ2v) is 9.37. The van der Waals surface area contributed by atoms with Crippen LogP contribution in [0.5, 0.6) is 11.5 Å². The third-order valence-electron chi connectivity index (χ3n) is 5.64. The molecule has 34 heavy (non-hydrogen) atoms. The standard InChI is InChI=1S/C24H27N5O4S/c1-17(22(30)25-19-7-8-20-21(15-19)33-14-13-32-20)34-24-27-26-23(28-9-11-31-12-10-28)29(24)16-18-5-3-2-4-6-18/h2-8,15,17H,9-14,16H2,1H3,(H,25,30). The zero-order chi connectivity index (χ0) is 23.3. The van der Waals surface area contributed by atoms with Crippen molar-refractivity contribution in [1.82, 2.24) is 14.8 Å². The highest BCUT2D eigenvalue weighted by atomic mass is 32.2. The number of hydrogen-bond acceptors (Lipinski definition) is 8. The molecule has 1 unspecified atom stereocenters. The van der Waals surface area contributed by atoms with Crippen LogP contribution in [0.25, 0.3) is 0 Å². The molecule has 178 valence electrons. The van der Waals surface area contributed by atoms with Crippen LogP contribution in [0.2, 0.25) is 0 Å². The minimum atomic E-state index is -0.385. The van der Waals surface area contributed by atoms with Gasteiger partial charge in [-0.25, -0.2) is 0 Å². The van der Waals surface area contributed by atoms with Gasteiger partial charge in [-0.3, -0.25) is 9.36 Å². The van der Waals surface area contributed by atoms with Gasteiger partial charge in [0.1, 0.15) is 13.2 Å². The Hall–Kier alpha value is -3.24. The first-order valence-electron chi connectivity index (χ1n) is 11.3. The number of carbonyl (C=O) groups excluding carboxylic acids is 1. The molecule has 1 fully saturated rings. The Morgan fingerprint density at radius 2 is 1.79 bits per heavy atom. The molecular formula is C24H27N5O4S. The molecule has 9 nitrogen and oxygen atoms in total. The fourth-order valence-electron chi connectivity index (χ4n) is 3.85. The van der Waals surface area contributed by atoms with Crippen LogP contribution in [0.15, 0.2) is 53.7 Å². The second kappa shape index (κ2) is 10.4. The maximum absolute atomic E-state index is 13.0. The highest BCUT2D eigenvalue weighted by molar-refractivity contribution is 8.00. The monoisotopic (exact) mass is 481 g/mol. The number of rotatable bonds is 7. The van der Waals surface area contributed by atoms with Crippen molar-refractivity contribution in [3.05, 3.63) is 54.1 Å². The fourth-order valence-corrected chi connectivity index (χ4v) is 4.69. The highest BCUT2D eigenvalue weighted by Gasteiger charge is 2.24. The van der Waals surface area contributed by atoms with Gasteiger partial charge >= 0.3 is 0 Å². The zero-order valence-electron chi connectivity index (χ0n) is 19.0. The second-order valence-electron chi connectivity index (χ2n) is 8.06. The summed E-state index contributed by atoms with van der Waals surface area (Å²) in [6.45, 7) is 6.37. The zero-order valence-corrected chi connectivity index (χ0v) is 19.8. The smallest absolute Gasteiger partial charge is 0.237 e. The SMILES string of the molecule is CC(Sc1nnc(N2CCOCC2)n1Cc1ccccc1)C(=O)Nc1ccc2c(c1)OCCO2. The average molecular weight is 482 g/mol. The molecule has 2 aliphatic rings. The summed E-state index contributed by atoms with van der Waals surface area (Å²) in [4.78, 5) is 15.2. The number of aromatic nitrogens is 3. The molecule has 1 atom stereocenters. The number of morpholine rings is 1. The van der Waals surface area contributed by atoms with Crippen molar-refractivity contribution in [2.24, 2.45) is 0 Å². The van der Waals surface area contributed by atoms with Gasteiger partial charge < -0.3 is 24.4 Å². The predicted molar refractivity (Wildman–Crippen MR) is 130 cm³/mol. The predicted octanol–water partition coefficient (Wildman–Crippen LogP) is 3.05. The molecule has 5 rings (SSSR count). The van der Waals surface area contributed by atoms with Crippen LogP contribution in [-0.2, 0) is 16.1 Å². The van der Waals surface area contributed by atoms with Gasteiger partial charge in [0.2, 0.25) is 11.9 Å². The van der Waals surface area contributed by atoms with Gasteiger partial charge in [-0.15, -0.1) is 10.2 Å². The van der Waals surface area contributed by atoms with Gasteiger partial charge in [0.25, 0.3) is 0 Å². The van der Waals surface area contributed by atoms with E-state index in [9.17, 15) is 4.79 Å². The van der Waals surface area contributed by atoms with E-state index < -0.39 is 0 Å². The summed E-state index contributed by atoms with van der Waals surface area (Å²) in [6, 6.07) is 15.6. The van der Waals surface area contributed by atoms with E-state index in [0.29, 0.717) is 55.3 Å². The fraction of sp³-hybridized carbons (Fsp3) is 0.375. The number of ether oxygens (including phenoxy) is 3. The number of carbonyl (C=O) groups is 1. The van der Waals surface area contributed by atoms with E-state index in [0.717, 1.165) is 24.6 Å². The van der Waals surface area contributed by atoms with Crippen molar-refractivity contribution in [1.29, 1.82) is 0 Å². The number of anilines is 2. The summed E-state index contributed by atoms with van der Waals surface area (Å²) in [5.74, 6) is 2.01. The highest BCUT2D eigenvalue weighted by Crippen LogP contribution is 2.33. The van der Waals surface area contributed by atoms with Crippen molar-refractivity contribution >= 4 is 29.3 Å². The molecule has 1 saturated heterocycles. The van der Waals surface area contributed by atoms with E-state index in [1.807, 2.05) is 37.3 Å². The van der Waals surface area contributed by atoms with Crippen molar-refractivity contribution in [3.8, 4) is 11.5 Å². The van der Waals surface area contributed by atoms with Gasteiger partial charge in [0, 0.05) is 24.8 Å². The summed E-state index contributed by atoms with van der Waals surface area (Å²) in [7, 11) is 0. The van der Waals surface area contributed by atoms with Crippen LogP contribution < -0.4 is 19.7 Å². The lowest BCUT2D eigenvalue weighted by Crippen LogP contribution is -2.38. The number of nitrogens with one attached hydrogen (secondary N) is 1. The molecule has 2 aromatic carbocycles. The van der Waals surface area contributed by atoms with Gasteiger partial charge in [-0.05, 0) is 24.6 Å². The number of fused-ring (bicyclic) bond motifs is 1. The van der Waals surface area contributed by atoms with E-state index in [1.54, 1.807) is 6.07 Å². The number of hydrogen-bond donors (Lipinski definition) is 1. The molecule has 10 heteroatoms. The maximum atomic E-state index is 13.0. The van der Waals surface area contributed by atoms with Gasteiger partial charge in [-0.1, -0.05) is 42.1 Å². The minimum Gasteiger partial charge on any atom is -0.486 e. The summed E-state index contributed by atoms with van der Waals surface area (Å²) in [6.07, 6.45) is 0. The molecule has 1 N–H and O–H groups in total. The number of nitrogens with zero attached hydrogens (tertiary/aromatic N) is 4. The first kappa shape index (κ1) is 22.5. The first-order valence-corrected chi connectivity index (χ1v) is 12.2. The van der Waals surface area contributed by atoms with Crippen LogP contribution in [-0.4, -0.2) is 65.4 Å². The first-order chi connectivity index (χ1) is 16.7. The number of thioether (sulfide) groups is 1. The largest absolute Gasteiger partial charge is 0.486 e. The average Bonchev–Trinajstić information content (AvgIpc) is 3.26. The van der Waals surface area contributed by atoms with Gasteiger partial charge in [-0.2, -0.15) is 0 Å². The quantitative estimate of drug-likeness (QED) is 0.515. The molecule has 3 aromatic rings. The summed E-state index contributed by atoms with van der Waals surface area (Å²) >= 11 is 1.39. The van der Waals surface area contributed by atoms with Crippen LogP contribution in [0, 0.1) is 0 Å². The molecule has 0 saturated carbocycles. The van der Waals surface area contributed by atoms with Crippen molar-refractivity contribution < 1.29 is 19.0 Å². The Bertz CT molecular complexity index is 1130. The van der Waals surface area contributed by atoms with Gasteiger partial charge in [0.15, 0.2) is 16.7 Å². The molecule has 0 radical (unpaired) electrons. The van der Waals surface area contributed by atoms with Crippen LogP contribution in [0.3, 0.4) is 0 Å². The Morgan fingerprint density at radius 1 is 1.03 bits per heavy atom. The summed E-state index contributed by atoms with van der Waals surface area (Å²) in [5, 5.41) is 12.2. The summed E-state index contributed by atoms with van der Waals surface area (Å²) in [5.41, 5.74) is 1.81. The summed E-state index contributed by atoms with van der Waals surface area (Å²) < 4.78 is 18.8. The Kier molecular flexibility index (Phi) is 6.87. The number of amides is 1. The lowest BCUT2D eigenvalue weighted by Gasteiger charge is -2.28. The van der Waals surface area contributed by atoms with Crippen molar-refractivity contribution in [2.45, 2.75) is 23.9 Å². The van der Waals surface area contributed by atoms with Crippen molar-refractivity contribution in [2.75, 3.05) is 49.7 Å². The Balaban J connectivity index is 1.32. The molecule has 3 heterocycles. The van der Waals surface area contributed by atoms with E-state index in [1.165, 1.54) is 11.8 Å². The normalized spacial score (nSPS) is 16.2. The van der Waals surface area contributed by atoms with Crippen molar-refractivity contribution in [3.63, 3.8) is 0 Å². The number of benzene rings is 2.